The Morgan fingerprint density at radius 3 is 2.85 bits per heavy atom. The second-order valence-corrected chi connectivity index (χ2v) is 5.78. The van der Waals surface area contributed by atoms with Gasteiger partial charge in [-0.25, -0.2) is 4.39 Å². The number of rotatable bonds is 3. The van der Waals surface area contributed by atoms with Gasteiger partial charge in [-0.3, -0.25) is 4.90 Å². The zero-order valence-electron chi connectivity index (χ0n) is 12.0. The molecule has 1 aliphatic heterocycles. The number of piperidine rings is 1. The van der Waals surface area contributed by atoms with Crippen molar-refractivity contribution in [3.63, 3.8) is 0 Å². The van der Waals surface area contributed by atoms with E-state index in [-0.39, 0.29) is 11.7 Å². The monoisotopic (exact) mass is 279 g/mol. The minimum Gasteiger partial charge on any atom is -0.409 e. The van der Waals surface area contributed by atoms with Crippen molar-refractivity contribution in [3.05, 3.63) is 35.1 Å². The molecular weight excluding hydrogens is 257 g/mol. The lowest BCUT2D eigenvalue weighted by atomic mass is 9.93. The first-order valence-corrected chi connectivity index (χ1v) is 7.01. The van der Waals surface area contributed by atoms with Crippen molar-refractivity contribution in [3.8, 4) is 0 Å². The van der Waals surface area contributed by atoms with Crippen LogP contribution in [0.4, 0.5) is 4.39 Å². The lowest BCUT2D eigenvalue weighted by molar-refractivity contribution is 0.122. The summed E-state index contributed by atoms with van der Waals surface area (Å²) in [6.45, 7) is 6.20. The van der Waals surface area contributed by atoms with Crippen LogP contribution in [-0.2, 0) is 6.54 Å². The van der Waals surface area contributed by atoms with Crippen LogP contribution in [0.5, 0.6) is 0 Å². The quantitative estimate of drug-likeness (QED) is 0.387. The molecule has 2 rings (SSSR count). The summed E-state index contributed by atoms with van der Waals surface area (Å²) in [7, 11) is 0. The second-order valence-electron chi connectivity index (χ2n) is 5.78. The first kappa shape index (κ1) is 14.8. The van der Waals surface area contributed by atoms with E-state index in [9.17, 15) is 4.39 Å². The van der Waals surface area contributed by atoms with E-state index in [1.165, 1.54) is 25.0 Å². The molecule has 1 saturated heterocycles. The Morgan fingerprint density at radius 2 is 2.20 bits per heavy atom. The van der Waals surface area contributed by atoms with Crippen LogP contribution in [0.2, 0.25) is 0 Å². The maximum atomic E-state index is 13.6. The number of hydrogen-bond donors (Lipinski definition) is 2. The Bertz CT molecular complexity index is 504. The summed E-state index contributed by atoms with van der Waals surface area (Å²) in [6.07, 6.45) is 2.34. The van der Waals surface area contributed by atoms with Crippen molar-refractivity contribution < 1.29 is 9.60 Å². The smallest absolute Gasteiger partial charge is 0.170 e. The van der Waals surface area contributed by atoms with Crippen LogP contribution in [0.3, 0.4) is 0 Å². The van der Waals surface area contributed by atoms with Gasteiger partial charge in [0.2, 0.25) is 0 Å². The highest BCUT2D eigenvalue weighted by Gasteiger charge is 2.23. The standard InChI is InChI=1S/C15H22FN3O/c1-10-3-4-19(11(2)5-10)9-12-6-13(15(17)18-20)8-14(16)7-12/h6-8,10-11,20H,3-5,9H2,1-2H3,(H2,17,18). The van der Waals surface area contributed by atoms with Gasteiger partial charge in [-0.05, 0) is 56.0 Å². The van der Waals surface area contributed by atoms with Crippen LogP contribution >= 0.6 is 0 Å². The highest BCUT2D eigenvalue weighted by atomic mass is 19.1. The summed E-state index contributed by atoms with van der Waals surface area (Å²) < 4.78 is 13.6. The molecule has 1 fully saturated rings. The predicted octanol–water partition coefficient (Wildman–Crippen LogP) is 2.54. The molecule has 2 unspecified atom stereocenters. The molecule has 1 aromatic rings. The van der Waals surface area contributed by atoms with E-state index >= 15 is 0 Å². The molecular formula is C15H22FN3O. The number of oxime groups is 1. The predicted molar refractivity (Wildman–Crippen MR) is 77.2 cm³/mol. The summed E-state index contributed by atoms with van der Waals surface area (Å²) >= 11 is 0. The molecule has 0 aromatic heterocycles. The SMILES string of the molecule is CC1CCN(Cc2cc(F)cc(/C(N)=N/O)c2)C(C)C1. The fourth-order valence-corrected chi connectivity index (χ4v) is 2.87. The second kappa shape index (κ2) is 6.22. The van der Waals surface area contributed by atoms with Crippen molar-refractivity contribution in [2.24, 2.45) is 16.8 Å². The summed E-state index contributed by atoms with van der Waals surface area (Å²) in [6, 6.07) is 5.07. The van der Waals surface area contributed by atoms with Crippen LogP contribution in [0.25, 0.3) is 0 Å². The van der Waals surface area contributed by atoms with E-state index in [0.717, 1.165) is 18.0 Å². The van der Waals surface area contributed by atoms with E-state index in [2.05, 4.69) is 23.9 Å². The molecule has 4 nitrogen and oxygen atoms in total. The molecule has 0 bridgehead atoms. The normalized spacial score (nSPS) is 24.9. The summed E-state index contributed by atoms with van der Waals surface area (Å²) in [5.41, 5.74) is 6.80. The molecule has 110 valence electrons. The van der Waals surface area contributed by atoms with Gasteiger partial charge in [0.05, 0.1) is 0 Å². The number of halogens is 1. The van der Waals surface area contributed by atoms with Crippen molar-refractivity contribution in [2.75, 3.05) is 6.54 Å². The third-order valence-corrected chi connectivity index (χ3v) is 4.02. The van der Waals surface area contributed by atoms with Crippen LogP contribution in [0, 0.1) is 11.7 Å². The Hall–Kier alpha value is -1.62. The highest BCUT2D eigenvalue weighted by Crippen LogP contribution is 2.24. The number of likely N-dealkylation sites (tertiary alicyclic amines) is 1. The van der Waals surface area contributed by atoms with Gasteiger partial charge in [0.25, 0.3) is 0 Å². The zero-order chi connectivity index (χ0) is 14.7. The molecule has 0 aliphatic carbocycles. The lowest BCUT2D eigenvalue weighted by Crippen LogP contribution is -2.39. The molecule has 0 amide bonds. The summed E-state index contributed by atoms with van der Waals surface area (Å²) in [5.74, 6) is 0.328. The van der Waals surface area contributed by atoms with Gasteiger partial charge in [0.1, 0.15) is 5.82 Å². The highest BCUT2D eigenvalue weighted by molar-refractivity contribution is 5.97. The topological polar surface area (TPSA) is 61.8 Å². The Balaban J connectivity index is 2.15. The maximum Gasteiger partial charge on any atom is 0.170 e. The zero-order valence-corrected chi connectivity index (χ0v) is 12.0. The Kier molecular flexibility index (Phi) is 4.60. The van der Waals surface area contributed by atoms with Crippen LogP contribution in [0.1, 0.15) is 37.8 Å². The number of hydrogen-bond acceptors (Lipinski definition) is 3. The molecule has 20 heavy (non-hydrogen) atoms. The number of benzene rings is 1. The fourth-order valence-electron chi connectivity index (χ4n) is 2.87. The number of amidine groups is 1. The van der Waals surface area contributed by atoms with Crippen molar-refractivity contribution in [1.29, 1.82) is 0 Å². The first-order chi connectivity index (χ1) is 9.49. The average Bonchev–Trinajstić information content (AvgIpc) is 2.40. The average molecular weight is 279 g/mol. The Morgan fingerprint density at radius 1 is 1.45 bits per heavy atom. The van der Waals surface area contributed by atoms with E-state index in [0.29, 0.717) is 18.2 Å². The van der Waals surface area contributed by atoms with Crippen LogP contribution in [0.15, 0.2) is 23.4 Å². The molecule has 5 heteroatoms. The molecule has 1 aromatic carbocycles. The van der Waals surface area contributed by atoms with Gasteiger partial charge < -0.3 is 10.9 Å². The molecule has 0 saturated carbocycles. The van der Waals surface area contributed by atoms with Gasteiger partial charge >= 0.3 is 0 Å². The number of nitrogens with two attached hydrogens (primary N) is 1. The third-order valence-electron chi connectivity index (χ3n) is 4.02. The van der Waals surface area contributed by atoms with Gasteiger partial charge in [-0.15, -0.1) is 0 Å². The van der Waals surface area contributed by atoms with Gasteiger partial charge in [0, 0.05) is 18.2 Å². The lowest BCUT2D eigenvalue weighted by Gasteiger charge is -2.36. The minimum atomic E-state index is -0.359. The van der Waals surface area contributed by atoms with E-state index in [1.807, 2.05) is 0 Å². The molecule has 1 heterocycles. The van der Waals surface area contributed by atoms with Crippen molar-refractivity contribution in [1.82, 2.24) is 4.90 Å². The third kappa shape index (κ3) is 3.48. The summed E-state index contributed by atoms with van der Waals surface area (Å²) in [4.78, 5) is 2.35. The summed E-state index contributed by atoms with van der Waals surface area (Å²) in [5, 5.41) is 11.6. The van der Waals surface area contributed by atoms with Crippen molar-refractivity contribution in [2.45, 2.75) is 39.3 Å². The molecule has 1 aliphatic rings. The largest absolute Gasteiger partial charge is 0.409 e. The molecule has 2 atom stereocenters. The molecule has 0 radical (unpaired) electrons. The van der Waals surface area contributed by atoms with Gasteiger partial charge in [0.15, 0.2) is 5.84 Å². The first-order valence-electron chi connectivity index (χ1n) is 7.01. The van der Waals surface area contributed by atoms with E-state index < -0.39 is 0 Å². The van der Waals surface area contributed by atoms with E-state index in [1.54, 1.807) is 6.07 Å². The van der Waals surface area contributed by atoms with Crippen LogP contribution < -0.4 is 5.73 Å². The fraction of sp³-hybridized carbons (Fsp3) is 0.533. The van der Waals surface area contributed by atoms with Gasteiger partial charge in [-0.1, -0.05) is 12.1 Å². The van der Waals surface area contributed by atoms with E-state index in [4.69, 9.17) is 10.9 Å². The Labute approximate surface area is 119 Å². The van der Waals surface area contributed by atoms with Crippen LogP contribution in [-0.4, -0.2) is 28.5 Å². The molecule has 3 N–H and O–H groups in total. The molecule has 0 spiro atoms. The van der Waals surface area contributed by atoms with Crippen molar-refractivity contribution >= 4 is 5.84 Å². The maximum absolute atomic E-state index is 13.6. The number of nitrogens with zero attached hydrogens (tertiary/aromatic N) is 2. The van der Waals surface area contributed by atoms with Gasteiger partial charge in [-0.2, -0.15) is 0 Å². The minimum absolute atomic E-state index is 0.0638.